The van der Waals surface area contributed by atoms with Gasteiger partial charge in [-0.25, -0.2) is 4.52 Å². The van der Waals surface area contributed by atoms with Crippen LogP contribution in [0.25, 0.3) is 27.9 Å². The Hall–Kier alpha value is -3.14. The van der Waals surface area contributed by atoms with Gasteiger partial charge in [0.05, 0.1) is 0 Å². The molecule has 0 bridgehead atoms. The lowest BCUT2D eigenvalue weighted by molar-refractivity contribution is 0.660. The average molecular weight is 326 g/mol. The standard InChI is InChI=1S/C21H18N4/c1-21(2)17-8-4-3-6-15(17)16-12-13(9-10-18(16)21)14-7-5-11-25-19(14)23-20(22)24-25/h3-12H,1-2H3,(H2,22,24). The van der Waals surface area contributed by atoms with Gasteiger partial charge in [0.2, 0.25) is 5.95 Å². The fourth-order valence-electron chi connectivity index (χ4n) is 4.04. The molecule has 0 saturated carbocycles. The number of aromatic nitrogens is 3. The Bertz CT molecular complexity index is 1140. The summed E-state index contributed by atoms with van der Waals surface area (Å²) in [5.41, 5.74) is 14.1. The summed E-state index contributed by atoms with van der Waals surface area (Å²) in [5, 5.41) is 4.21. The zero-order chi connectivity index (χ0) is 17.2. The number of nitrogens with two attached hydrogens (primary N) is 1. The van der Waals surface area contributed by atoms with E-state index in [1.807, 2.05) is 12.3 Å². The first-order valence-corrected chi connectivity index (χ1v) is 8.41. The number of anilines is 1. The van der Waals surface area contributed by atoms with Crippen molar-refractivity contribution in [2.45, 2.75) is 19.3 Å². The zero-order valence-corrected chi connectivity index (χ0v) is 14.2. The SMILES string of the molecule is CC1(C)c2ccccc2-c2cc(-c3cccn4nc(N)nc34)ccc21. The summed E-state index contributed by atoms with van der Waals surface area (Å²) in [4.78, 5) is 4.39. The Morgan fingerprint density at radius 1 is 0.880 bits per heavy atom. The first-order chi connectivity index (χ1) is 12.1. The molecule has 0 saturated heterocycles. The zero-order valence-electron chi connectivity index (χ0n) is 14.2. The van der Waals surface area contributed by atoms with Crippen LogP contribution >= 0.6 is 0 Å². The lowest BCUT2D eigenvalue weighted by Gasteiger charge is -2.21. The lowest BCUT2D eigenvalue weighted by Crippen LogP contribution is -2.14. The van der Waals surface area contributed by atoms with Gasteiger partial charge in [0.25, 0.3) is 0 Å². The van der Waals surface area contributed by atoms with E-state index in [-0.39, 0.29) is 5.41 Å². The Kier molecular flexibility index (Phi) is 2.67. The molecule has 0 fully saturated rings. The van der Waals surface area contributed by atoms with Gasteiger partial charge in [0.15, 0.2) is 5.65 Å². The monoisotopic (exact) mass is 326 g/mol. The van der Waals surface area contributed by atoms with Crippen LogP contribution in [0.1, 0.15) is 25.0 Å². The van der Waals surface area contributed by atoms with E-state index >= 15 is 0 Å². The second-order valence-corrected chi connectivity index (χ2v) is 7.09. The molecule has 2 aromatic carbocycles. The van der Waals surface area contributed by atoms with Crippen LogP contribution < -0.4 is 5.73 Å². The van der Waals surface area contributed by atoms with E-state index in [1.165, 1.54) is 22.3 Å². The van der Waals surface area contributed by atoms with E-state index in [2.05, 4.69) is 72.5 Å². The van der Waals surface area contributed by atoms with Gasteiger partial charge in [-0.3, -0.25) is 0 Å². The molecule has 0 aliphatic heterocycles. The molecule has 2 N–H and O–H groups in total. The molecule has 0 amide bonds. The van der Waals surface area contributed by atoms with Crippen molar-refractivity contribution in [3.05, 3.63) is 71.9 Å². The fourth-order valence-corrected chi connectivity index (χ4v) is 4.04. The molecule has 0 radical (unpaired) electrons. The highest BCUT2D eigenvalue weighted by Gasteiger charge is 2.35. The van der Waals surface area contributed by atoms with Crippen LogP contribution in [0.2, 0.25) is 0 Å². The van der Waals surface area contributed by atoms with Crippen molar-refractivity contribution in [3.8, 4) is 22.3 Å². The van der Waals surface area contributed by atoms with Gasteiger partial charge in [0.1, 0.15) is 0 Å². The molecular formula is C21H18N4. The van der Waals surface area contributed by atoms with E-state index in [9.17, 15) is 0 Å². The van der Waals surface area contributed by atoms with Gasteiger partial charge in [-0.15, -0.1) is 5.10 Å². The third kappa shape index (κ3) is 1.88. The third-order valence-corrected chi connectivity index (χ3v) is 5.27. The number of nitrogen functional groups attached to an aromatic ring is 1. The molecule has 4 aromatic rings. The number of nitrogens with zero attached hydrogens (tertiary/aromatic N) is 3. The molecule has 4 heteroatoms. The van der Waals surface area contributed by atoms with Crippen LogP contribution in [0.4, 0.5) is 5.95 Å². The molecule has 0 unspecified atom stereocenters. The molecule has 122 valence electrons. The summed E-state index contributed by atoms with van der Waals surface area (Å²) in [6.45, 7) is 4.58. The minimum atomic E-state index is 0.0236. The summed E-state index contributed by atoms with van der Waals surface area (Å²) in [6, 6.07) is 19.4. The average Bonchev–Trinajstić information content (AvgIpc) is 3.10. The maximum atomic E-state index is 5.78. The lowest BCUT2D eigenvalue weighted by atomic mass is 9.82. The van der Waals surface area contributed by atoms with Gasteiger partial charge in [-0.1, -0.05) is 50.2 Å². The molecular weight excluding hydrogens is 308 g/mol. The van der Waals surface area contributed by atoms with Gasteiger partial charge in [-0.2, -0.15) is 4.98 Å². The number of hydrogen-bond acceptors (Lipinski definition) is 3. The van der Waals surface area contributed by atoms with Crippen molar-refractivity contribution in [3.63, 3.8) is 0 Å². The van der Waals surface area contributed by atoms with Crippen LogP contribution in [0.5, 0.6) is 0 Å². The largest absolute Gasteiger partial charge is 0.366 e. The van der Waals surface area contributed by atoms with E-state index < -0.39 is 0 Å². The fraction of sp³-hybridized carbons (Fsp3) is 0.143. The van der Waals surface area contributed by atoms with E-state index in [4.69, 9.17) is 5.73 Å². The van der Waals surface area contributed by atoms with Crippen LogP contribution in [0.15, 0.2) is 60.8 Å². The van der Waals surface area contributed by atoms with Crippen molar-refractivity contribution < 1.29 is 0 Å². The van der Waals surface area contributed by atoms with Crippen LogP contribution in [0, 0.1) is 0 Å². The Morgan fingerprint density at radius 2 is 1.64 bits per heavy atom. The van der Waals surface area contributed by atoms with Crippen LogP contribution in [0.3, 0.4) is 0 Å². The number of fused-ring (bicyclic) bond motifs is 4. The summed E-state index contributed by atoms with van der Waals surface area (Å²) >= 11 is 0. The molecule has 1 aliphatic rings. The van der Waals surface area contributed by atoms with Gasteiger partial charge >= 0.3 is 0 Å². The molecule has 1 aliphatic carbocycles. The number of hydrogen-bond donors (Lipinski definition) is 1. The minimum absolute atomic E-state index is 0.0236. The van der Waals surface area contributed by atoms with Crippen LogP contribution in [-0.4, -0.2) is 14.6 Å². The molecule has 0 spiro atoms. The minimum Gasteiger partial charge on any atom is -0.366 e. The topological polar surface area (TPSA) is 56.2 Å². The van der Waals surface area contributed by atoms with Crippen molar-refractivity contribution in [1.82, 2.24) is 14.6 Å². The first-order valence-electron chi connectivity index (χ1n) is 8.41. The molecule has 2 heterocycles. The quantitative estimate of drug-likeness (QED) is 0.568. The summed E-state index contributed by atoms with van der Waals surface area (Å²) in [5.74, 6) is 0.292. The Labute approximate surface area is 146 Å². The molecule has 0 atom stereocenters. The van der Waals surface area contributed by atoms with Crippen LogP contribution in [-0.2, 0) is 5.41 Å². The van der Waals surface area contributed by atoms with Crippen molar-refractivity contribution in [1.29, 1.82) is 0 Å². The maximum Gasteiger partial charge on any atom is 0.240 e. The molecule has 2 aromatic heterocycles. The molecule has 4 nitrogen and oxygen atoms in total. The van der Waals surface area contributed by atoms with Crippen molar-refractivity contribution in [2.24, 2.45) is 0 Å². The Morgan fingerprint density at radius 3 is 2.52 bits per heavy atom. The predicted molar refractivity (Wildman–Crippen MR) is 100 cm³/mol. The van der Waals surface area contributed by atoms with Gasteiger partial charge < -0.3 is 5.73 Å². The third-order valence-electron chi connectivity index (χ3n) is 5.27. The summed E-state index contributed by atoms with van der Waals surface area (Å²) < 4.78 is 1.73. The maximum absolute atomic E-state index is 5.78. The summed E-state index contributed by atoms with van der Waals surface area (Å²) in [7, 11) is 0. The second kappa shape index (κ2) is 4.70. The summed E-state index contributed by atoms with van der Waals surface area (Å²) in [6.07, 6.45) is 1.87. The highest BCUT2D eigenvalue weighted by molar-refractivity contribution is 5.87. The highest BCUT2D eigenvalue weighted by Crippen LogP contribution is 2.49. The van der Waals surface area contributed by atoms with Gasteiger partial charge in [-0.05, 0) is 46.0 Å². The predicted octanol–water partition coefficient (Wildman–Crippen LogP) is 4.28. The smallest absolute Gasteiger partial charge is 0.240 e. The van der Waals surface area contributed by atoms with Crippen molar-refractivity contribution in [2.75, 3.05) is 5.73 Å². The molecule has 5 rings (SSSR count). The second-order valence-electron chi connectivity index (χ2n) is 7.09. The number of benzene rings is 2. The van der Waals surface area contributed by atoms with Gasteiger partial charge in [0, 0.05) is 17.2 Å². The number of rotatable bonds is 1. The van der Waals surface area contributed by atoms with E-state index in [0.29, 0.717) is 5.95 Å². The highest BCUT2D eigenvalue weighted by atomic mass is 15.3. The van der Waals surface area contributed by atoms with E-state index in [1.54, 1.807) is 4.52 Å². The van der Waals surface area contributed by atoms with E-state index in [0.717, 1.165) is 16.8 Å². The first kappa shape index (κ1) is 14.2. The molecule has 25 heavy (non-hydrogen) atoms. The normalized spacial score (nSPS) is 14.5. The Balaban J connectivity index is 1.77. The van der Waals surface area contributed by atoms with Crippen molar-refractivity contribution >= 4 is 11.6 Å². The number of pyridine rings is 1.